The summed E-state index contributed by atoms with van der Waals surface area (Å²) >= 11 is 0. The first-order chi connectivity index (χ1) is 12.1. The van der Waals surface area contributed by atoms with Crippen LogP contribution in [0.3, 0.4) is 0 Å². The Morgan fingerprint density at radius 2 is 1.20 bits per heavy atom. The van der Waals surface area contributed by atoms with Gasteiger partial charge in [-0.05, 0) is 12.1 Å². The van der Waals surface area contributed by atoms with Gasteiger partial charge in [-0.2, -0.15) is 10.5 Å². The Hall–Kier alpha value is -3.83. The topological polar surface area (TPSA) is 157 Å². The van der Waals surface area contributed by atoms with Gasteiger partial charge in [0.2, 0.25) is 21.7 Å². The average molecular weight is 354 g/mol. The molecule has 25 heavy (non-hydrogen) atoms. The van der Waals surface area contributed by atoms with Crippen LogP contribution in [-0.2, 0) is 9.84 Å². The number of anilines is 2. The van der Waals surface area contributed by atoms with Crippen LogP contribution in [0, 0.1) is 22.7 Å². The predicted octanol–water partition coefficient (Wildman–Crippen LogP) is 0.935. The molecule has 0 atom stereocenters. The number of nitrogens with one attached hydrogen (secondary N) is 2. The zero-order valence-electron chi connectivity index (χ0n) is 12.5. The Balaban J connectivity index is 2.26. The van der Waals surface area contributed by atoms with E-state index >= 15 is 0 Å². The highest BCUT2D eigenvalue weighted by atomic mass is 32.2. The number of hydrogen-bond acceptors (Lipinski definition) is 10. The van der Waals surface area contributed by atoms with Gasteiger partial charge in [0.25, 0.3) is 0 Å². The molecule has 0 unspecified atom stereocenters. The van der Waals surface area contributed by atoms with E-state index in [4.69, 9.17) is 10.5 Å². The third-order valence-electron chi connectivity index (χ3n) is 2.60. The van der Waals surface area contributed by atoms with Gasteiger partial charge < -0.3 is 10.6 Å². The fourth-order valence-electron chi connectivity index (χ4n) is 1.47. The second kappa shape index (κ2) is 8.14. The molecule has 0 amide bonds. The van der Waals surface area contributed by atoms with E-state index in [2.05, 4.69) is 30.6 Å². The number of nitrogens with zero attached hydrogens (tertiary/aromatic N) is 6. The number of hydrogen-bond donors (Lipinski definition) is 2. The highest BCUT2D eigenvalue weighted by molar-refractivity contribution is 7.99. The standard InChI is InChI=1S/C14H10N8O2S/c15-7-11(9-21-13-17-3-1-4-18-13)25(23,24)12(8-16)10-22-14-19-5-2-6-20-14/h1-6,9-10H,(H,17,18,21)(H,19,20,22)/b11-9+,12-10+. The first-order valence-electron chi connectivity index (χ1n) is 6.60. The number of sulfone groups is 1. The summed E-state index contributed by atoms with van der Waals surface area (Å²) in [4.78, 5) is 14.0. The summed E-state index contributed by atoms with van der Waals surface area (Å²) in [6.07, 6.45) is 7.58. The van der Waals surface area contributed by atoms with Gasteiger partial charge in [0, 0.05) is 37.2 Å². The van der Waals surface area contributed by atoms with Crippen molar-refractivity contribution in [3.8, 4) is 12.1 Å². The van der Waals surface area contributed by atoms with Gasteiger partial charge in [-0.25, -0.2) is 28.4 Å². The second-order valence-corrected chi connectivity index (χ2v) is 6.06. The van der Waals surface area contributed by atoms with Crippen molar-refractivity contribution < 1.29 is 8.42 Å². The molecule has 2 N–H and O–H groups in total. The lowest BCUT2D eigenvalue weighted by atomic mass is 10.6. The van der Waals surface area contributed by atoms with Crippen LogP contribution in [0.1, 0.15) is 0 Å². The van der Waals surface area contributed by atoms with Crippen molar-refractivity contribution in [1.82, 2.24) is 19.9 Å². The maximum absolute atomic E-state index is 12.4. The Morgan fingerprint density at radius 3 is 1.52 bits per heavy atom. The van der Waals surface area contributed by atoms with E-state index in [1.807, 2.05) is 0 Å². The SMILES string of the molecule is N#C/C(=C\Nc1ncccn1)S(=O)(=O)/C(C#N)=C/Nc1ncccn1. The molecule has 10 nitrogen and oxygen atoms in total. The molecule has 2 heterocycles. The van der Waals surface area contributed by atoms with Gasteiger partial charge in [0.15, 0.2) is 9.81 Å². The van der Waals surface area contributed by atoms with Gasteiger partial charge in [-0.15, -0.1) is 0 Å². The van der Waals surface area contributed by atoms with Gasteiger partial charge >= 0.3 is 0 Å². The third-order valence-corrected chi connectivity index (χ3v) is 4.17. The van der Waals surface area contributed by atoms with E-state index in [1.54, 1.807) is 12.1 Å². The smallest absolute Gasteiger partial charge is 0.229 e. The molecule has 2 aromatic heterocycles. The van der Waals surface area contributed by atoms with Crippen molar-refractivity contribution in [2.45, 2.75) is 0 Å². The summed E-state index contributed by atoms with van der Waals surface area (Å²) in [5.41, 5.74) is 0. The van der Waals surface area contributed by atoms with E-state index < -0.39 is 19.6 Å². The van der Waals surface area contributed by atoms with Crippen LogP contribution < -0.4 is 10.6 Å². The number of rotatable bonds is 6. The van der Waals surface area contributed by atoms with Gasteiger partial charge in [0.1, 0.15) is 12.1 Å². The lowest BCUT2D eigenvalue weighted by Gasteiger charge is -2.03. The molecule has 2 rings (SSSR count). The van der Waals surface area contributed by atoms with Crippen molar-refractivity contribution in [1.29, 1.82) is 10.5 Å². The zero-order valence-corrected chi connectivity index (χ0v) is 13.3. The molecule has 0 spiro atoms. The van der Waals surface area contributed by atoms with Crippen LogP contribution in [-0.4, -0.2) is 28.4 Å². The molecule has 2 aromatic rings. The number of nitriles is 2. The summed E-state index contributed by atoms with van der Waals surface area (Å²) in [5, 5.41) is 23.2. The summed E-state index contributed by atoms with van der Waals surface area (Å²) in [5.74, 6) is 0.201. The Morgan fingerprint density at radius 1 is 0.840 bits per heavy atom. The van der Waals surface area contributed by atoms with Crippen LogP contribution in [0.5, 0.6) is 0 Å². The molecule has 0 aliphatic carbocycles. The molecule has 0 saturated heterocycles. The number of aromatic nitrogens is 4. The molecule has 0 aromatic carbocycles. The minimum atomic E-state index is -4.34. The predicted molar refractivity (Wildman–Crippen MR) is 87.6 cm³/mol. The van der Waals surface area contributed by atoms with Crippen molar-refractivity contribution in [2.75, 3.05) is 10.6 Å². The summed E-state index contributed by atoms with van der Waals surface area (Å²) in [6.45, 7) is 0. The fraction of sp³-hybridized carbons (Fsp3) is 0. The van der Waals surface area contributed by atoms with Crippen molar-refractivity contribution in [3.63, 3.8) is 0 Å². The fourth-order valence-corrected chi connectivity index (χ4v) is 2.37. The maximum atomic E-state index is 12.4. The Kier molecular flexibility index (Phi) is 5.71. The first-order valence-corrected chi connectivity index (χ1v) is 8.09. The van der Waals surface area contributed by atoms with Crippen LogP contribution >= 0.6 is 0 Å². The zero-order chi connectivity index (χ0) is 18.1. The normalized spacial score (nSPS) is 11.9. The molecular formula is C14H10N8O2S. The highest BCUT2D eigenvalue weighted by Gasteiger charge is 2.24. The Bertz CT molecular complexity index is 897. The van der Waals surface area contributed by atoms with Crippen LogP contribution in [0.25, 0.3) is 0 Å². The molecule has 0 aliphatic rings. The molecule has 0 bridgehead atoms. The molecule has 11 heteroatoms. The van der Waals surface area contributed by atoms with E-state index in [0.29, 0.717) is 0 Å². The minimum absolute atomic E-state index is 0.101. The van der Waals surface area contributed by atoms with Crippen LogP contribution in [0.4, 0.5) is 11.9 Å². The highest BCUT2D eigenvalue weighted by Crippen LogP contribution is 2.16. The minimum Gasteiger partial charge on any atom is -0.329 e. The lowest BCUT2D eigenvalue weighted by molar-refractivity contribution is 0.609. The van der Waals surface area contributed by atoms with Crippen molar-refractivity contribution >= 4 is 21.7 Å². The van der Waals surface area contributed by atoms with Crippen LogP contribution in [0.2, 0.25) is 0 Å². The van der Waals surface area contributed by atoms with E-state index in [1.165, 1.54) is 36.9 Å². The lowest BCUT2D eigenvalue weighted by Crippen LogP contribution is -2.09. The number of allylic oxidation sites excluding steroid dienone is 2. The Labute approximate surface area is 143 Å². The second-order valence-electron chi connectivity index (χ2n) is 4.18. The van der Waals surface area contributed by atoms with Crippen LogP contribution in [0.15, 0.2) is 59.1 Å². The molecule has 0 saturated carbocycles. The third kappa shape index (κ3) is 4.57. The van der Waals surface area contributed by atoms with Crippen molar-refractivity contribution in [3.05, 3.63) is 59.1 Å². The summed E-state index contributed by atoms with van der Waals surface area (Å²) in [7, 11) is -4.34. The quantitative estimate of drug-likeness (QED) is 0.715. The van der Waals surface area contributed by atoms with E-state index in [-0.39, 0.29) is 11.9 Å². The van der Waals surface area contributed by atoms with Gasteiger partial charge in [0.05, 0.1) is 0 Å². The molecule has 0 fully saturated rings. The molecule has 0 radical (unpaired) electrons. The first kappa shape index (κ1) is 17.5. The average Bonchev–Trinajstić information content (AvgIpc) is 2.64. The summed E-state index contributed by atoms with van der Waals surface area (Å²) < 4.78 is 24.8. The molecule has 124 valence electrons. The van der Waals surface area contributed by atoms with Gasteiger partial charge in [-0.3, -0.25) is 0 Å². The van der Waals surface area contributed by atoms with E-state index in [9.17, 15) is 8.42 Å². The monoisotopic (exact) mass is 354 g/mol. The van der Waals surface area contributed by atoms with Gasteiger partial charge in [-0.1, -0.05) is 0 Å². The van der Waals surface area contributed by atoms with Crippen molar-refractivity contribution in [2.24, 2.45) is 0 Å². The van der Waals surface area contributed by atoms with E-state index in [0.717, 1.165) is 12.4 Å². The summed E-state index contributed by atoms with van der Waals surface area (Å²) in [6, 6.07) is 6.21. The maximum Gasteiger partial charge on any atom is 0.229 e. The molecular weight excluding hydrogens is 344 g/mol. The largest absolute Gasteiger partial charge is 0.329 e. The molecule has 0 aliphatic heterocycles.